The van der Waals surface area contributed by atoms with Gasteiger partial charge in [-0.25, -0.2) is 13.6 Å². The van der Waals surface area contributed by atoms with Crippen molar-refractivity contribution >= 4 is 37.6 Å². The van der Waals surface area contributed by atoms with Crippen LogP contribution in [0.2, 0.25) is 5.02 Å². The second kappa shape index (κ2) is 5.20. The normalized spacial score (nSPS) is 11.8. The number of benzene rings is 1. The number of nitrogens with two attached hydrogens (primary N) is 1. The Morgan fingerprint density at radius 3 is 2.63 bits per heavy atom. The van der Waals surface area contributed by atoms with Crippen molar-refractivity contribution in [1.82, 2.24) is 14.8 Å². The molecule has 19 heavy (non-hydrogen) atoms. The second-order valence-electron chi connectivity index (χ2n) is 3.72. The largest absolute Gasteiger partial charge is 0.297 e. The van der Waals surface area contributed by atoms with Crippen molar-refractivity contribution in [2.75, 3.05) is 0 Å². The molecule has 9 heteroatoms. The minimum Gasteiger partial charge on any atom is -0.297 e. The predicted molar refractivity (Wildman–Crippen MR) is 75.2 cm³/mol. The first-order valence-corrected chi connectivity index (χ1v) is 7.97. The standard InChI is InChI=1S/C10H10BrClN4O2S/c1-2-16-9(14-15-10(16)19(13,17)18)6-3-4-7(11)8(12)5-6/h3-5H,2H2,1H3,(H2,13,17,18). The van der Waals surface area contributed by atoms with Crippen LogP contribution in [0.15, 0.2) is 27.8 Å². The van der Waals surface area contributed by atoms with Gasteiger partial charge in [0.05, 0.1) is 5.02 Å². The summed E-state index contributed by atoms with van der Waals surface area (Å²) in [6.45, 7) is 2.16. The van der Waals surface area contributed by atoms with E-state index in [-0.39, 0.29) is 5.16 Å². The third-order valence-corrected chi connectivity index (χ3v) is 4.51. The third-order valence-electron chi connectivity index (χ3n) is 2.47. The molecule has 1 aromatic carbocycles. The summed E-state index contributed by atoms with van der Waals surface area (Å²) >= 11 is 9.29. The Morgan fingerprint density at radius 1 is 1.42 bits per heavy atom. The average molecular weight is 366 g/mol. The first-order valence-electron chi connectivity index (χ1n) is 5.26. The molecule has 0 atom stereocenters. The highest BCUT2D eigenvalue weighted by atomic mass is 79.9. The molecule has 1 aromatic heterocycles. The Bertz CT molecular complexity index is 729. The fourth-order valence-corrected chi connectivity index (χ4v) is 2.74. The molecule has 0 amide bonds. The molecule has 2 aromatic rings. The number of primary sulfonamides is 1. The fourth-order valence-electron chi connectivity index (χ4n) is 1.63. The molecule has 1 heterocycles. The van der Waals surface area contributed by atoms with Crippen molar-refractivity contribution in [3.8, 4) is 11.4 Å². The molecular weight excluding hydrogens is 356 g/mol. The van der Waals surface area contributed by atoms with E-state index in [1.54, 1.807) is 25.1 Å². The zero-order valence-corrected chi connectivity index (χ0v) is 13.0. The van der Waals surface area contributed by atoms with Gasteiger partial charge < -0.3 is 0 Å². The van der Waals surface area contributed by atoms with Gasteiger partial charge in [0.15, 0.2) is 5.82 Å². The van der Waals surface area contributed by atoms with Gasteiger partial charge in [-0.3, -0.25) is 4.57 Å². The Kier molecular flexibility index (Phi) is 3.95. The van der Waals surface area contributed by atoms with Crippen LogP contribution >= 0.6 is 27.5 Å². The average Bonchev–Trinajstić information content (AvgIpc) is 2.76. The van der Waals surface area contributed by atoms with Gasteiger partial charge in [-0.05, 0) is 41.1 Å². The van der Waals surface area contributed by atoms with Gasteiger partial charge in [0.1, 0.15) is 0 Å². The molecule has 102 valence electrons. The maximum Gasteiger partial charge on any atom is 0.273 e. The van der Waals surface area contributed by atoms with Crippen LogP contribution in [0.25, 0.3) is 11.4 Å². The van der Waals surface area contributed by atoms with Crippen molar-refractivity contribution in [2.45, 2.75) is 18.6 Å². The van der Waals surface area contributed by atoms with E-state index in [0.717, 1.165) is 4.47 Å². The molecule has 0 radical (unpaired) electrons. The molecule has 0 fully saturated rings. The summed E-state index contributed by atoms with van der Waals surface area (Å²) in [4.78, 5) is 0. The molecule has 0 spiro atoms. The quantitative estimate of drug-likeness (QED) is 0.901. The molecule has 0 aliphatic rings. The summed E-state index contributed by atoms with van der Waals surface area (Å²) in [5.41, 5.74) is 0.664. The van der Waals surface area contributed by atoms with Crippen LogP contribution in [0.3, 0.4) is 0 Å². The molecule has 0 aliphatic heterocycles. The van der Waals surface area contributed by atoms with E-state index in [2.05, 4.69) is 26.1 Å². The van der Waals surface area contributed by atoms with Crippen LogP contribution in [-0.4, -0.2) is 23.2 Å². The van der Waals surface area contributed by atoms with Crippen molar-refractivity contribution in [2.24, 2.45) is 5.14 Å². The molecule has 0 aliphatic carbocycles. The molecular formula is C10H10BrClN4O2S. The zero-order valence-electron chi connectivity index (χ0n) is 9.84. The Labute approximate surface area is 123 Å². The second-order valence-corrected chi connectivity index (χ2v) is 6.44. The van der Waals surface area contributed by atoms with Gasteiger partial charge >= 0.3 is 0 Å². The smallest absolute Gasteiger partial charge is 0.273 e. The highest BCUT2D eigenvalue weighted by Gasteiger charge is 2.21. The minimum atomic E-state index is -3.90. The Hall–Kier alpha value is -0.960. The van der Waals surface area contributed by atoms with E-state index < -0.39 is 10.0 Å². The molecule has 6 nitrogen and oxygen atoms in total. The number of hydrogen-bond acceptors (Lipinski definition) is 4. The van der Waals surface area contributed by atoms with Crippen LogP contribution in [0, 0.1) is 0 Å². The SMILES string of the molecule is CCn1c(-c2ccc(Br)c(Cl)c2)nnc1S(N)(=O)=O. The molecule has 2 N–H and O–H groups in total. The van der Waals surface area contributed by atoms with Crippen LogP contribution in [-0.2, 0) is 16.6 Å². The summed E-state index contributed by atoms with van der Waals surface area (Å²) in [7, 11) is -3.90. The lowest BCUT2D eigenvalue weighted by Crippen LogP contribution is -2.18. The maximum absolute atomic E-state index is 11.4. The summed E-state index contributed by atoms with van der Waals surface area (Å²) in [6, 6.07) is 5.19. The van der Waals surface area contributed by atoms with Crippen LogP contribution in [0.4, 0.5) is 0 Å². The lowest BCUT2D eigenvalue weighted by Gasteiger charge is -2.07. The number of sulfonamides is 1. The van der Waals surface area contributed by atoms with Crippen LogP contribution in [0.5, 0.6) is 0 Å². The van der Waals surface area contributed by atoms with Gasteiger partial charge in [0, 0.05) is 16.6 Å². The van der Waals surface area contributed by atoms with Crippen molar-refractivity contribution in [1.29, 1.82) is 0 Å². The van der Waals surface area contributed by atoms with Crippen LogP contribution < -0.4 is 5.14 Å². The number of rotatable bonds is 3. The highest BCUT2D eigenvalue weighted by molar-refractivity contribution is 9.10. The van der Waals surface area contributed by atoms with Crippen molar-refractivity contribution in [3.63, 3.8) is 0 Å². The fraction of sp³-hybridized carbons (Fsp3) is 0.200. The Balaban J connectivity index is 2.63. The molecule has 0 saturated carbocycles. The van der Waals surface area contributed by atoms with Gasteiger partial charge in [-0.15, -0.1) is 10.2 Å². The molecule has 0 saturated heterocycles. The monoisotopic (exact) mass is 364 g/mol. The summed E-state index contributed by atoms with van der Waals surface area (Å²) < 4.78 is 25.0. The lowest BCUT2D eigenvalue weighted by atomic mass is 10.2. The summed E-state index contributed by atoms with van der Waals surface area (Å²) in [5, 5.41) is 12.8. The van der Waals surface area contributed by atoms with Crippen molar-refractivity contribution < 1.29 is 8.42 Å². The zero-order chi connectivity index (χ0) is 14.2. The van der Waals surface area contributed by atoms with E-state index in [1.165, 1.54) is 4.57 Å². The predicted octanol–water partition coefficient (Wildman–Crippen LogP) is 2.03. The third kappa shape index (κ3) is 2.81. The van der Waals surface area contributed by atoms with E-state index >= 15 is 0 Å². The van der Waals surface area contributed by atoms with Gasteiger partial charge in [0.25, 0.3) is 15.2 Å². The van der Waals surface area contributed by atoms with Crippen LogP contribution in [0.1, 0.15) is 6.92 Å². The molecule has 0 bridgehead atoms. The minimum absolute atomic E-state index is 0.260. The Morgan fingerprint density at radius 2 is 2.11 bits per heavy atom. The van der Waals surface area contributed by atoms with Gasteiger partial charge in [-0.1, -0.05) is 11.6 Å². The van der Waals surface area contributed by atoms with E-state index in [9.17, 15) is 8.42 Å². The lowest BCUT2D eigenvalue weighted by molar-refractivity contribution is 0.571. The van der Waals surface area contributed by atoms with Gasteiger partial charge in [0.2, 0.25) is 0 Å². The number of hydrogen-bond donors (Lipinski definition) is 1. The number of aromatic nitrogens is 3. The first kappa shape index (κ1) is 14.4. The number of halogens is 2. The molecule has 0 unspecified atom stereocenters. The molecule has 2 rings (SSSR count). The topological polar surface area (TPSA) is 90.9 Å². The summed E-state index contributed by atoms with van der Waals surface area (Å²) in [6.07, 6.45) is 0. The summed E-state index contributed by atoms with van der Waals surface area (Å²) in [5.74, 6) is 0.404. The van der Waals surface area contributed by atoms with E-state index in [0.29, 0.717) is 23.0 Å². The maximum atomic E-state index is 11.4. The van der Waals surface area contributed by atoms with Gasteiger partial charge in [-0.2, -0.15) is 0 Å². The number of nitrogens with zero attached hydrogens (tertiary/aromatic N) is 3. The van der Waals surface area contributed by atoms with E-state index in [1.807, 2.05) is 0 Å². The highest BCUT2D eigenvalue weighted by Crippen LogP contribution is 2.28. The first-order chi connectivity index (χ1) is 8.84. The van der Waals surface area contributed by atoms with E-state index in [4.69, 9.17) is 16.7 Å². The van der Waals surface area contributed by atoms with Crippen molar-refractivity contribution in [3.05, 3.63) is 27.7 Å².